The summed E-state index contributed by atoms with van der Waals surface area (Å²) in [4.78, 5) is 15.1. The van der Waals surface area contributed by atoms with Crippen LogP contribution in [0.3, 0.4) is 0 Å². The molecule has 1 aromatic heterocycles. The number of aryl methyl sites for hydroxylation is 2. The smallest absolute Gasteiger partial charge is 0.335 e. The van der Waals surface area contributed by atoms with E-state index in [1.807, 2.05) is 6.92 Å². The minimum absolute atomic E-state index is 0.0655. The molecule has 0 radical (unpaired) electrons. The number of sulfonamides is 1. The van der Waals surface area contributed by atoms with Crippen LogP contribution in [0.5, 0.6) is 0 Å². The Morgan fingerprint density at radius 2 is 1.95 bits per heavy atom. The summed E-state index contributed by atoms with van der Waals surface area (Å²) in [5, 5.41) is 8.91. The first kappa shape index (κ1) is 16.1. The van der Waals surface area contributed by atoms with Crippen LogP contribution in [0.4, 0.5) is 0 Å². The zero-order valence-corrected chi connectivity index (χ0v) is 13.0. The molecule has 1 aromatic carbocycles. The number of pyridine rings is 1. The number of carbonyl (C=O) groups is 1. The highest BCUT2D eigenvalue weighted by molar-refractivity contribution is 7.89. The number of aromatic nitrogens is 1. The van der Waals surface area contributed by atoms with Crippen LogP contribution in [-0.4, -0.2) is 24.5 Å². The molecule has 0 aliphatic rings. The Labute approximate surface area is 128 Å². The van der Waals surface area contributed by atoms with E-state index in [1.54, 1.807) is 25.1 Å². The molecule has 22 heavy (non-hydrogen) atoms. The second-order valence-electron chi connectivity index (χ2n) is 4.93. The quantitative estimate of drug-likeness (QED) is 0.877. The number of hydrogen-bond donors (Lipinski definition) is 2. The molecule has 7 heteroatoms. The summed E-state index contributed by atoms with van der Waals surface area (Å²) in [6.07, 6.45) is 1.34. The van der Waals surface area contributed by atoms with Crippen LogP contribution < -0.4 is 4.72 Å². The van der Waals surface area contributed by atoms with Crippen LogP contribution in [0.25, 0.3) is 0 Å². The Balaban J connectivity index is 2.19. The number of rotatable bonds is 5. The van der Waals surface area contributed by atoms with Gasteiger partial charge >= 0.3 is 5.97 Å². The van der Waals surface area contributed by atoms with E-state index in [0.717, 1.165) is 5.56 Å². The van der Waals surface area contributed by atoms with Crippen molar-refractivity contribution >= 4 is 16.0 Å². The highest BCUT2D eigenvalue weighted by atomic mass is 32.2. The summed E-state index contributed by atoms with van der Waals surface area (Å²) in [5.74, 6) is -1.08. The molecule has 1 heterocycles. The second kappa shape index (κ2) is 6.25. The lowest BCUT2D eigenvalue weighted by Crippen LogP contribution is -2.24. The molecule has 0 aliphatic heterocycles. The van der Waals surface area contributed by atoms with Gasteiger partial charge in [0, 0.05) is 6.20 Å². The number of nitrogens with zero attached hydrogens (tertiary/aromatic N) is 1. The van der Waals surface area contributed by atoms with Gasteiger partial charge in [-0.05, 0) is 37.6 Å². The molecule has 6 nitrogen and oxygen atoms in total. The lowest BCUT2D eigenvalue weighted by atomic mass is 10.2. The van der Waals surface area contributed by atoms with Gasteiger partial charge < -0.3 is 5.11 Å². The molecule has 0 bridgehead atoms. The molecule has 116 valence electrons. The van der Waals surface area contributed by atoms with E-state index in [1.165, 1.54) is 18.3 Å². The summed E-state index contributed by atoms with van der Waals surface area (Å²) in [5.41, 5.74) is 2.04. The Hall–Kier alpha value is -2.25. The van der Waals surface area contributed by atoms with Gasteiger partial charge in [-0.15, -0.1) is 0 Å². The monoisotopic (exact) mass is 320 g/mol. The van der Waals surface area contributed by atoms with Crippen molar-refractivity contribution in [2.75, 3.05) is 0 Å². The molecule has 2 aromatic rings. The van der Waals surface area contributed by atoms with Crippen LogP contribution in [-0.2, 0) is 16.6 Å². The summed E-state index contributed by atoms with van der Waals surface area (Å²) < 4.78 is 27.0. The van der Waals surface area contributed by atoms with Crippen molar-refractivity contribution < 1.29 is 18.3 Å². The van der Waals surface area contributed by atoms with Gasteiger partial charge in [-0.2, -0.15) is 0 Å². The third-order valence-electron chi connectivity index (χ3n) is 3.13. The summed E-state index contributed by atoms with van der Waals surface area (Å²) in [6, 6.07) is 7.76. The molecule has 0 unspecified atom stereocenters. The van der Waals surface area contributed by atoms with E-state index in [-0.39, 0.29) is 17.0 Å². The molecule has 0 amide bonds. The minimum atomic E-state index is -3.68. The van der Waals surface area contributed by atoms with Gasteiger partial charge in [0.1, 0.15) is 0 Å². The van der Waals surface area contributed by atoms with Crippen molar-refractivity contribution in [3.8, 4) is 0 Å². The maximum atomic E-state index is 12.3. The van der Waals surface area contributed by atoms with E-state index in [9.17, 15) is 13.2 Å². The van der Waals surface area contributed by atoms with Gasteiger partial charge in [0.15, 0.2) is 0 Å². The summed E-state index contributed by atoms with van der Waals surface area (Å²) >= 11 is 0. The lowest BCUT2D eigenvalue weighted by Gasteiger charge is -2.10. The first-order valence-corrected chi connectivity index (χ1v) is 8.03. The van der Waals surface area contributed by atoms with E-state index in [0.29, 0.717) is 11.3 Å². The molecular weight excluding hydrogens is 304 g/mol. The van der Waals surface area contributed by atoms with Crippen LogP contribution in [0, 0.1) is 13.8 Å². The fourth-order valence-electron chi connectivity index (χ4n) is 2.06. The molecular formula is C15H16N2O4S. The fourth-order valence-corrected chi connectivity index (χ4v) is 3.28. The zero-order valence-electron chi connectivity index (χ0n) is 12.2. The van der Waals surface area contributed by atoms with Crippen molar-refractivity contribution in [2.24, 2.45) is 0 Å². The third-order valence-corrected chi connectivity index (χ3v) is 4.69. The lowest BCUT2D eigenvalue weighted by molar-refractivity contribution is 0.0696. The van der Waals surface area contributed by atoms with Gasteiger partial charge in [0.2, 0.25) is 10.0 Å². The van der Waals surface area contributed by atoms with E-state index >= 15 is 0 Å². The highest BCUT2D eigenvalue weighted by Gasteiger charge is 2.17. The normalized spacial score (nSPS) is 11.4. The first-order chi connectivity index (χ1) is 10.3. The molecule has 0 atom stereocenters. The fraction of sp³-hybridized carbons (Fsp3) is 0.200. The van der Waals surface area contributed by atoms with E-state index in [4.69, 9.17) is 5.11 Å². The van der Waals surface area contributed by atoms with Gasteiger partial charge in [-0.1, -0.05) is 17.7 Å². The summed E-state index contributed by atoms with van der Waals surface area (Å²) in [7, 11) is -3.68. The number of benzene rings is 1. The Kier molecular flexibility index (Phi) is 4.58. The van der Waals surface area contributed by atoms with Crippen molar-refractivity contribution in [2.45, 2.75) is 25.3 Å². The number of carboxylic acids is 1. The van der Waals surface area contributed by atoms with Gasteiger partial charge in [0.05, 0.1) is 22.7 Å². The largest absolute Gasteiger partial charge is 0.478 e. The predicted octanol–water partition coefficient (Wildman–Crippen LogP) is 1.88. The molecule has 0 spiro atoms. The molecule has 0 saturated heterocycles. The molecule has 2 rings (SSSR count). The van der Waals surface area contributed by atoms with Crippen LogP contribution >= 0.6 is 0 Å². The Morgan fingerprint density at radius 3 is 2.59 bits per heavy atom. The van der Waals surface area contributed by atoms with Crippen LogP contribution in [0.1, 0.15) is 27.2 Å². The third kappa shape index (κ3) is 3.69. The van der Waals surface area contributed by atoms with Crippen molar-refractivity contribution in [1.29, 1.82) is 0 Å². The average molecular weight is 320 g/mol. The maximum absolute atomic E-state index is 12.3. The average Bonchev–Trinajstić information content (AvgIpc) is 2.45. The number of carboxylic acid groups (broad SMARTS) is 1. The molecule has 2 N–H and O–H groups in total. The van der Waals surface area contributed by atoms with Crippen molar-refractivity contribution in [3.63, 3.8) is 0 Å². The maximum Gasteiger partial charge on any atom is 0.335 e. The number of hydrogen-bond acceptors (Lipinski definition) is 4. The van der Waals surface area contributed by atoms with Gasteiger partial charge in [-0.3, -0.25) is 4.98 Å². The minimum Gasteiger partial charge on any atom is -0.478 e. The number of aromatic carboxylic acids is 1. The Morgan fingerprint density at radius 1 is 1.23 bits per heavy atom. The highest BCUT2D eigenvalue weighted by Crippen LogP contribution is 2.16. The van der Waals surface area contributed by atoms with Crippen molar-refractivity contribution in [1.82, 2.24) is 9.71 Å². The zero-order chi connectivity index (χ0) is 16.3. The van der Waals surface area contributed by atoms with Crippen molar-refractivity contribution in [3.05, 3.63) is 58.9 Å². The molecule has 0 aliphatic carbocycles. The van der Waals surface area contributed by atoms with Gasteiger partial charge in [0.25, 0.3) is 0 Å². The molecule has 0 saturated carbocycles. The van der Waals surface area contributed by atoms with E-state index < -0.39 is 16.0 Å². The topological polar surface area (TPSA) is 96.4 Å². The second-order valence-corrected chi connectivity index (χ2v) is 6.67. The van der Waals surface area contributed by atoms with Crippen LogP contribution in [0.2, 0.25) is 0 Å². The summed E-state index contributed by atoms with van der Waals surface area (Å²) in [6.45, 7) is 3.54. The number of nitrogens with one attached hydrogen (secondary N) is 1. The van der Waals surface area contributed by atoms with Crippen LogP contribution in [0.15, 0.2) is 41.4 Å². The SMILES string of the molecule is Cc1ccc(S(=O)(=O)NCc2cc(C(=O)O)ccn2)c(C)c1. The molecule has 0 fully saturated rings. The van der Waals surface area contributed by atoms with Gasteiger partial charge in [-0.25, -0.2) is 17.9 Å². The van der Waals surface area contributed by atoms with E-state index in [2.05, 4.69) is 9.71 Å². The predicted molar refractivity (Wildman–Crippen MR) is 81.1 cm³/mol. The standard InChI is InChI=1S/C15H16N2O4S/c1-10-3-4-14(11(2)7-10)22(20,21)17-9-13-8-12(15(18)19)5-6-16-13/h3-8,17H,9H2,1-2H3,(H,18,19). The Bertz CT molecular complexity index is 816. The first-order valence-electron chi connectivity index (χ1n) is 6.55.